The Balaban J connectivity index is 1.07. The van der Waals surface area contributed by atoms with E-state index >= 15 is 0 Å². The zero-order chi connectivity index (χ0) is 44.1. The molecule has 338 valence electrons. The van der Waals surface area contributed by atoms with Gasteiger partial charge in [-0.25, -0.2) is 0 Å². The van der Waals surface area contributed by atoms with E-state index in [1.807, 2.05) is 13.8 Å². The minimum atomic E-state index is -0.824. The predicted molar refractivity (Wildman–Crippen MR) is 234 cm³/mol. The first-order valence-corrected chi connectivity index (χ1v) is 23.8. The molecule has 1 saturated heterocycles. The van der Waals surface area contributed by atoms with Gasteiger partial charge in [0.15, 0.2) is 5.78 Å². The molecule has 6 aliphatic carbocycles. The second kappa shape index (κ2) is 15.5. The number of carbonyl (C=O) groups excluding carboxylic acids is 3. The number of fused-ring (bicyclic) bond motifs is 7. The van der Waals surface area contributed by atoms with Crippen LogP contribution in [0.15, 0.2) is 11.1 Å². The van der Waals surface area contributed by atoms with Gasteiger partial charge < -0.3 is 25.2 Å². The maximum Gasteiger partial charge on any atom is 0.309 e. The van der Waals surface area contributed by atoms with Gasteiger partial charge in [0, 0.05) is 42.4 Å². The number of esters is 1. The summed E-state index contributed by atoms with van der Waals surface area (Å²) in [4.78, 5) is 54.9. The number of ketones is 1. The number of carboxylic acids is 1. The quantitative estimate of drug-likeness (QED) is 0.131. The Kier molecular flexibility index (Phi) is 11.8. The maximum atomic E-state index is 14.2. The number of rotatable bonds is 12. The molecule has 0 bridgehead atoms. The van der Waals surface area contributed by atoms with E-state index in [9.17, 15) is 24.3 Å². The van der Waals surface area contributed by atoms with Gasteiger partial charge in [-0.2, -0.15) is 0 Å². The number of amides is 1. The third-order valence-electron chi connectivity index (χ3n) is 19.9. The van der Waals surface area contributed by atoms with Crippen LogP contribution in [-0.4, -0.2) is 91.2 Å². The summed E-state index contributed by atoms with van der Waals surface area (Å²) in [5, 5.41) is 16.7. The van der Waals surface area contributed by atoms with Crippen LogP contribution in [0.4, 0.5) is 0 Å². The maximum absolute atomic E-state index is 14.2. The summed E-state index contributed by atoms with van der Waals surface area (Å²) >= 11 is 0. The molecule has 1 aliphatic heterocycles. The van der Waals surface area contributed by atoms with Gasteiger partial charge in [-0.15, -0.1) is 0 Å². The number of hydrogen-bond acceptors (Lipinski definition) is 8. The van der Waals surface area contributed by atoms with Crippen LogP contribution in [0.2, 0.25) is 0 Å². The van der Waals surface area contributed by atoms with E-state index in [-0.39, 0.29) is 62.3 Å². The SMILES string of the molecule is CC(C)C1=C2[C@H]3CC[C@@]4(C)[C@@](C)(CC[C@H]5C(C)(C)[C@@H](OC(=O)[C@H]6C[C@@H](C(=O)O)C6(C)C)CC[C@@]54C)[C@]3(C)CC[C@@]2(CCNCC(C)(C)NC(=O)CN2CCOCC2)CC1=O. The first-order chi connectivity index (χ1) is 27.8. The minimum absolute atomic E-state index is 0.0434. The van der Waals surface area contributed by atoms with Crippen molar-refractivity contribution in [2.24, 2.45) is 67.5 Å². The molecular formula is C50H81N3O7. The third-order valence-corrected chi connectivity index (χ3v) is 19.9. The number of aliphatic carboxylic acids is 1. The fourth-order valence-corrected chi connectivity index (χ4v) is 15.8. The highest BCUT2D eigenvalue weighted by atomic mass is 16.5. The van der Waals surface area contributed by atoms with E-state index in [4.69, 9.17) is 9.47 Å². The molecule has 0 aromatic carbocycles. The molecule has 0 spiro atoms. The number of allylic oxidation sites excluding steroid dienone is 2. The van der Waals surface area contributed by atoms with Gasteiger partial charge in [0.05, 0.1) is 31.6 Å². The molecule has 10 nitrogen and oxygen atoms in total. The van der Waals surface area contributed by atoms with E-state index in [0.29, 0.717) is 56.8 Å². The summed E-state index contributed by atoms with van der Waals surface area (Å²) in [6, 6.07) is 0. The Bertz CT molecular complexity index is 1760. The number of nitrogens with zero attached hydrogens (tertiary/aromatic N) is 1. The van der Waals surface area contributed by atoms with Crippen LogP contribution in [0.3, 0.4) is 0 Å². The summed E-state index contributed by atoms with van der Waals surface area (Å²) in [6.07, 6.45) is 10.2. The lowest BCUT2D eigenvalue weighted by atomic mass is 9.28. The number of carboxylic acid groups (broad SMARTS) is 1. The van der Waals surface area contributed by atoms with Gasteiger partial charge in [0.2, 0.25) is 5.91 Å². The fraction of sp³-hybridized carbons (Fsp3) is 0.880. The molecular weight excluding hydrogens is 755 g/mol. The summed E-state index contributed by atoms with van der Waals surface area (Å²) in [5.74, 6) is -0.557. The Morgan fingerprint density at radius 3 is 2.15 bits per heavy atom. The molecule has 10 heteroatoms. The van der Waals surface area contributed by atoms with Crippen LogP contribution in [0.1, 0.15) is 154 Å². The molecule has 0 radical (unpaired) electrons. The lowest BCUT2D eigenvalue weighted by Crippen LogP contribution is -2.70. The largest absolute Gasteiger partial charge is 0.481 e. The second-order valence-corrected chi connectivity index (χ2v) is 24.1. The molecule has 5 saturated carbocycles. The van der Waals surface area contributed by atoms with Gasteiger partial charge >= 0.3 is 11.9 Å². The van der Waals surface area contributed by atoms with Gasteiger partial charge in [-0.3, -0.25) is 24.1 Å². The number of morpholine rings is 1. The van der Waals surface area contributed by atoms with E-state index < -0.39 is 22.8 Å². The van der Waals surface area contributed by atoms with Crippen molar-refractivity contribution in [1.29, 1.82) is 0 Å². The molecule has 0 aromatic heterocycles. The fourth-order valence-electron chi connectivity index (χ4n) is 15.8. The molecule has 7 aliphatic rings. The van der Waals surface area contributed by atoms with E-state index in [2.05, 4.69) is 84.8 Å². The average Bonchev–Trinajstić information content (AvgIpc) is 3.44. The Labute approximate surface area is 361 Å². The smallest absolute Gasteiger partial charge is 0.309 e. The standard InChI is InChI=1S/C50H81N3O7/c1-31(2)39-35(54)28-50(21-22-51-30-43(3,4)52-38(55)29-53-23-25-59-26-24-53)20-19-46(9)32(40(39)50)13-17-49(12)47(10)16-15-37(45(7,8)36(47)14-18-48(46,49)11)60-42(58)34-27-33(41(56)57)44(34,5)6/h31-34,36-37,51H,13-30H2,1-12H3,(H,52,55)(H,56,57)/t32-,33+,34-,36+,37+,46-,47+,48+,49-,50-/m1/s1. The first kappa shape index (κ1) is 45.7. The van der Waals surface area contributed by atoms with Gasteiger partial charge in [0.25, 0.3) is 0 Å². The van der Waals surface area contributed by atoms with Crippen molar-refractivity contribution in [3.63, 3.8) is 0 Å². The van der Waals surface area contributed by atoms with Crippen LogP contribution < -0.4 is 10.6 Å². The number of ether oxygens (including phenoxy) is 2. The van der Waals surface area contributed by atoms with Crippen molar-refractivity contribution >= 4 is 23.6 Å². The molecule has 7 rings (SSSR count). The highest BCUT2D eigenvalue weighted by molar-refractivity contribution is 6.00. The Morgan fingerprint density at radius 2 is 1.52 bits per heavy atom. The van der Waals surface area contributed by atoms with Crippen molar-refractivity contribution in [1.82, 2.24) is 15.5 Å². The normalized spacial score (nSPS) is 41.1. The lowest BCUT2D eigenvalue weighted by molar-refractivity contribution is -0.278. The minimum Gasteiger partial charge on any atom is -0.481 e. The lowest BCUT2D eigenvalue weighted by Gasteiger charge is -2.76. The number of hydrogen-bond donors (Lipinski definition) is 3. The van der Waals surface area contributed by atoms with Crippen molar-refractivity contribution in [2.45, 2.75) is 165 Å². The highest BCUT2D eigenvalue weighted by Gasteiger charge is 2.74. The van der Waals surface area contributed by atoms with Crippen molar-refractivity contribution < 1.29 is 33.8 Å². The van der Waals surface area contributed by atoms with Gasteiger partial charge in [-0.1, -0.05) is 74.8 Å². The van der Waals surface area contributed by atoms with Crippen LogP contribution in [0.25, 0.3) is 0 Å². The molecule has 3 N–H and O–H groups in total. The number of carbonyl (C=O) groups is 4. The van der Waals surface area contributed by atoms with Crippen molar-refractivity contribution in [2.75, 3.05) is 45.9 Å². The van der Waals surface area contributed by atoms with Crippen molar-refractivity contribution in [3.8, 4) is 0 Å². The monoisotopic (exact) mass is 836 g/mol. The van der Waals surface area contributed by atoms with Gasteiger partial charge in [-0.05, 0) is 135 Å². The summed E-state index contributed by atoms with van der Waals surface area (Å²) in [5.41, 5.74) is 1.51. The average molecular weight is 836 g/mol. The first-order valence-electron chi connectivity index (χ1n) is 23.8. The second-order valence-electron chi connectivity index (χ2n) is 24.1. The van der Waals surface area contributed by atoms with Crippen LogP contribution in [0, 0.1) is 67.5 Å². The van der Waals surface area contributed by atoms with Crippen LogP contribution in [0.5, 0.6) is 0 Å². The van der Waals surface area contributed by atoms with Crippen LogP contribution in [-0.2, 0) is 28.7 Å². The summed E-state index contributed by atoms with van der Waals surface area (Å²) in [6.45, 7) is 32.4. The zero-order valence-corrected chi connectivity index (χ0v) is 39.5. The van der Waals surface area contributed by atoms with Crippen LogP contribution >= 0.6 is 0 Å². The zero-order valence-electron chi connectivity index (χ0n) is 39.5. The predicted octanol–water partition coefficient (Wildman–Crippen LogP) is 8.22. The van der Waals surface area contributed by atoms with E-state index in [0.717, 1.165) is 83.0 Å². The highest BCUT2D eigenvalue weighted by Crippen LogP contribution is 2.81. The molecule has 1 amide bonds. The topological polar surface area (TPSA) is 134 Å². The molecule has 10 atom stereocenters. The number of nitrogens with one attached hydrogen (secondary N) is 2. The molecule has 0 aromatic rings. The Hall–Kier alpha value is -2.30. The molecule has 6 fully saturated rings. The molecule has 60 heavy (non-hydrogen) atoms. The van der Waals surface area contributed by atoms with Crippen molar-refractivity contribution in [3.05, 3.63) is 11.1 Å². The number of Topliss-reactive ketones (excluding diaryl/α,β-unsaturated/α-hetero) is 1. The van der Waals surface area contributed by atoms with Gasteiger partial charge in [0.1, 0.15) is 6.10 Å². The molecule has 1 heterocycles. The van der Waals surface area contributed by atoms with E-state index in [1.165, 1.54) is 5.57 Å². The summed E-state index contributed by atoms with van der Waals surface area (Å²) < 4.78 is 11.9. The van der Waals surface area contributed by atoms with E-state index in [1.54, 1.807) is 0 Å². The summed E-state index contributed by atoms with van der Waals surface area (Å²) in [7, 11) is 0. The Morgan fingerprint density at radius 1 is 0.867 bits per heavy atom. The third kappa shape index (κ3) is 6.96. The molecule has 0 unspecified atom stereocenters.